The number of piperidine rings is 1. The van der Waals surface area contributed by atoms with Crippen molar-refractivity contribution in [1.82, 2.24) is 15.3 Å². The Bertz CT molecular complexity index is 817. The lowest BCUT2D eigenvalue weighted by Gasteiger charge is -2.28. The van der Waals surface area contributed by atoms with Gasteiger partial charge in [-0.2, -0.15) is 4.98 Å². The number of hydrogen-bond acceptors (Lipinski definition) is 5. The molecular formula is C21H30N6O. The molecule has 3 N–H and O–H groups in total. The van der Waals surface area contributed by atoms with Crippen molar-refractivity contribution in [2.24, 2.45) is 0 Å². The average Bonchev–Trinajstić information content (AvgIpc) is 2.68. The number of urea groups is 1. The minimum absolute atomic E-state index is 0.218. The zero-order valence-corrected chi connectivity index (χ0v) is 17.0. The van der Waals surface area contributed by atoms with Gasteiger partial charge in [-0.25, -0.2) is 9.78 Å². The smallest absolute Gasteiger partial charge is 0.319 e. The molecule has 1 aromatic heterocycles. The fourth-order valence-corrected chi connectivity index (χ4v) is 3.26. The summed E-state index contributed by atoms with van der Waals surface area (Å²) in [5.41, 5.74) is 4.10. The monoisotopic (exact) mass is 382 g/mol. The van der Waals surface area contributed by atoms with Gasteiger partial charge in [0.05, 0.1) is 0 Å². The summed E-state index contributed by atoms with van der Waals surface area (Å²) in [5.74, 6) is 1.59. The van der Waals surface area contributed by atoms with E-state index >= 15 is 0 Å². The Hall–Kier alpha value is -2.83. The van der Waals surface area contributed by atoms with Gasteiger partial charge in [0.15, 0.2) is 0 Å². The van der Waals surface area contributed by atoms with Crippen LogP contribution in [0.5, 0.6) is 0 Å². The van der Waals surface area contributed by atoms with Crippen LogP contribution >= 0.6 is 0 Å². The van der Waals surface area contributed by atoms with E-state index in [0.717, 1.165) is 35.9 Å². The van der Waals surface area contributed by atoms with Crippen molar-refractivity contribution < 1.29 is 4.79 Å². The average molecular weight is 383 g/mol. The highest BCUT2D eigenvalue weighted by atomic mass is 16.2. The predicted octanol–water partition coefficient (Wildman–Crippen LogP) is 3.63. The Morgan fingerprint density at radius 3 is 2.54 bits per heavy atom. The number of nitrogens with zero attached hydrogens (tertiary/aromatic N) is 3. The van der Waals surface area contributed by atoms with Crippen LogP contribution in [0.4, 0.5) is 22.2 Å². The molecule has 2 amide bonds. The first kappa shape index (κ1) is 19.9. The molecule has 2 heterocycles. The van der Waals surface area contributed by atoms with Gasteiger partial charge in [0.25, 0.3) is 0 Å². The van der Waals surface area contributed by atoms with Crippen molar-refractivity contribution >= 4 is 23.5 Å². The van der Waals surface area contributed by atoms with Crippen molar-refractivity contribution in [2.75, 3.05) is 41.7 Å². The topological polar surface area (TPSA) is 82.2 Å². The molecule has 7 nitrogen and oxygen atoms in total. The van der Waals surface area contributed by atoms with Crippen molar-refractivity contribution in [3.05, 3.63) is 41.1 Å². The molecule has 1 saturated heterocycles. The second kappa shape index (κ2) is 9.39. The fourth-order valence-electron chi connectivity index (χ4n) is 3.26. The summed E-state index contributed by atoms with van der Waals surface area (Å²) >= 11 is 0. The van der Waals surface area contributed by atoms with Gasteiger partial charge in [-0.15, -0.1) is 0 Å². The Balaban J connectivity index is 1.46. The van der Waals surface area contributed by atoms with Crippen LogP contribution in [0.2, 0.25) is 0 Å². The normalized spacial score (nSPS) is 13.9. The number of aryl methyl sites for hydroxylation is 3. The summed E-state index contributed by atoms with van der Waals surface area (Å²) in [7, 11) is 0. The highest BCUT2D eigenvalue weighted by Gasteiger charge is 2.13. The molecule has 1 fully saturated rings. The molecule has 28 heavy (non-hydrogen) atoms. The zero-order chi connectivity index (χ0) is 19.9. The number of nitrogens with one attached hydrogen (secondary N) is 3. The number of rotatable bonds is 6. The molecule has 0 aliphatic carbocycles. The predicted molar refractivity (Wildman–Crippen MR) is 114 cm³/mol. The molecule has 0 unspecified atom stereocenters. The second-order valence-electron chi connectivity index (χ2n) is 7.35. The van der Waals surface area contributed by atoms with Gasteiger partial charge in [0, 0.05) is 43.6 Å². The van der Waals surface area contributed by atoms with Gasteiger partial charge >= 0.3 is 6.03 Å². The van der Waals surface area contributed by atoms with Crippen LogP contribution in [0.25, 0.3) is 0 Å². The second-order valence-corrected chi connectivity index (χ2v) is 7.35. The SMILES string of the molecule is Cc1cc(N2CCCCC2)nc(NCCNC(=O)Nc2ccc(C)c(C)c2)n1. The molecule has 0 bridgehead atoms. The van der Waals surface area contributed by atoms with E-state index in [0.29, 0.717) is 19.0 Å². The van der Waals surface area contributed by atoms with Crippen LogP contribution in [-0.2, 0) is 0 Å². The van der Waals surface area contributed by atoms with Gasteiger partial charge in [-0.05, 0) is 63.3 Å². The number of amides is 2. The molecule has 0 saturated carbocycles. The van der Waals surface area contributed by atoms with Crippen LogP contribution in [-0.4, -0.2) is 42.2 Å². The summed E-state index contributed by atoms with van der Waals surface area (Å²) in [6.45, 7) is 9.20. The van der Waals surface area contributed by atoms with Gasteiger partial charge in [-0.3, -0.25) is 0 Å². The van der Waals surface area contributed by atoms with Crippen LogP contribution in [0.15, 0.2) is 24.3 Å². The Morgan fingerprint density at radius 2 is 1.79 bits per heavy atom. The number of carbonyl (C=O) groups excluding carboxylic acids is 1. The van der Waals surface area contributed by atoms with Crippen molar-refractivity contribution in [3.63, 3.8) is 0 Å². The van der Waals surface area contributed by atoms with Crippen LogP contribution < -0.4 is 20.9 Å². The zero-order valence-electron chi connectivity index (χ0n) is 17.0. The number of carbonyl (C=O) groups is 1. The Kier molecular flexibility index (Phi) is 6.68. The number of anilines is 3. The maximum atomic E-state index is 12.0. The van der Waals surface area contributed by atoms with E-state index in [4.69, 9.17) is 0 Å². The van der Waals surface area contributed by atoms with E-state index in [9.17, 15) is 4.79 Å². The highest BCUT2D eigenvalue weighted by Crippen LogP contribution is 2.19. The first-order chi connectivity index (χ1) is 13.5. The quantitative estimate of drug-likeness (QED) is 0.665. The largest absolute Gasteiger partial charge is 0.356 e. The van der Waals surface area contributed by atoms with Crippen LogP contribution in [0.1, 0.15) is 36.1 Å². The van der Waals surface area contributed by atoms with Crippen molar-refractivity contribution in [2.45, 2.75) is 40.0 Å². The van der Waals surface area contributed by atoms with Gasteiger partial charge in [0.2, 0.25) is 5.95 Å². The minimum Gasteiger partial charge on any atom is -0.356 e. The standard InChI is InChI=1S/C21H30N6O/c1-15-7-8-18(13-16(15)2)25-21(28)23-10-9-22-20-24-17(3)14-19(26-20)27-11-5-4-6-12-27/h7-8,13-14H,4-6,9-12H2,1-3H3,(H,22,24,26)(H2,23,25,28). The minimum atomic E-state index is -0.218. The summed E-state index contributed by atoms with van der Waals surface area (Å²) in [6, 6.07) is 7.69. The molecule has 0 radical (unpaired) electrons. The number of aromatic nitrogens is 2. The third kappa shape index (κ3) is 5.58. The van der Waals surface area contributed by atoms with E-state index in [1.807, 2.05) is 38.1 Å². The highest BCUT2D eigenvalue weighted by molar-refractivity contribution is 5.89. The van der Waals surface area contributed by atoms with Crippen molar-refractivity contribution in [1.29, 1.82) is 0 Å². The molecule has 7 heteroatoms. The molecular weight excluding hydrogens is 352 g/mol. The van der Waals surface area contributed by atoms with E-state index < -0.39 is 0 Å². The maximum Gasteiger partial charge on any atom is 0.319 e. The van der Waals surface area contributed by atoms with E-state index in [2.05, 4.69) is 37.7 Å². The number of benzene rings is 1. The third-order valence-electron chi connectivity index (χ3n) is 4.98. The van der Waals surface area contributed by atoms with Gasteiger partial charge in [0.1, 0.15) is 5.82 Å². The lowest BCUT2D eigenvalue weighted by atomic mass is 10.1. The Morgan fingerprint density at radius 1 is 1.00 bits per heavy atom. The van der Waals surface area contributed by atoms with E-state index in [1.54, 1.807) is 0 Å². The molecule has 3 rings (SSSR count). The molecule has 0 atom stereocenters. The van der Waals surface area contributed by atoms with Crippen molar-refractivity contribution in [3.8, 4) is 0 Å². The first-order valence-electron chi connectivity index (χ1n) is 9.98. The lowest BCUT2D eigenvalue weighted by molar-refractivity contribution is 0.252. The van der Waals surface area contributed by atoms with Gasteiger partial charge in [-0.1, -0.05) is 6.07 Å². The lowest BCUT2D eigenvalue weighted by Crippen LogP contribution is -2.33. The van der Waals surface area contributed by atoms with E-state index in [1.165, 1.54) is 24.8 Å². The molecule has 150 valence electrons. The molecule has 1 aliphatic heterocycles. The third-order valence-corrected chi connectivity index (χ3v) is 4.98. The summed E-state index contributed by atoms with van der Waals surface area (Å²) in [5, 5.41) is 8.91. The maximum absolute atomic E-state index is 12.0. The number of hydrogen-bond donors (Lipinski definition) is 3. The summed E-state index contributed by atoms with van der Waals surface area (Å²) in [6.07, 6.45) is 3.72. The molecule has 2 aromatic rings. The van der Waals surface area contributed by atoms with Gasteiger partial charge < -0.3 is 20.9 Å². The summed E-state index contributed by atoms with van der Waals surface area (Å²) in [4.78, 5) is 23.5. The van der Waals surface area contributed by atoms with Crippen LogP contribution in [0.3, 0.4) is 0 Å². The molecule has 1 aromatic carbocycles. The molecule has 1 aliphatic rings. The summed E-state index contributed by atoms with van der Waals surface area (Å²) < 4.78 is 0. The van der Waals surface area contributed by atoms with E-state index in [-0.39, 0.29) is 6.03 Å². The Labute approximate surface area is 167 Å². The molecule has 0 spiro atoms. The van der Waals surface area contributed by atoms with Crippen LogP contribution in [0, 0.1) is 20.8 Å². The fraction of sp³-hybridized carbons (Fsp3) is 0.476. The first-order valence-corrected chi connectivity index (χ1v) is 9.98.